The van der Waals surface area contributed by atoms with E-state index < -0.39 is 24.3 Å². The molecule has 0 atom stereocenters. The van der Waals surface area contributed by atoms with Crippen LogP contribution in [-0.2, 0) is 16.1 Å². The third-order valence-electron chi connectivity index (χ3n) is 4.28. The molecule has 2 aromatic heterocycles. The SMILES string of the molecule is Cc1c(C(=O)C(=O)NN)c2c(OCC(=O)O)nccc2n1Cc1ccccc1. The zero-order valence-electron chi connectivity index (χ0n) is 15.0. The summed E-state index contributed by atoms with van der Waals surface area (Å²) in [6.07, 6.45) is 1.46. The minimum absolute atomic E-state index is 0.0389. The molecule has 0 saturated carbocycles. The number of rotatable bonds is 7. The highest BCUT2D eigenvalue weighted by Gasteiger charge is 2.27. The molecule has 0 fully saturated rings. The summed E-state index contributed by atoms with van der Waals surface area (Å²) in [6.45, 7) is 1.50. The molecule has 3 rings (SSSR count). The third kappa shape index (κ3) is 3.55. The van der Waals surface area contributed by atoms with Gasteiger partial charge in [0.1, 0.15) is 0 Å². The van der Waals surface area contributed by atoms with Gasteiger partial charge in [-0.2, -0.15) is 0 Å². The van der Waals surface area contributed by atoms with E-state index in [9.17, 15) is 14.4 Å². The number of carboxylic acid groups (broad SMARTS) is 1. The van der Waals surface area contributed by atoms with Gasteiger partial charge in [0.05, 0.1) is 16.5 Å². The van der Waals surface area contributed by atoms with Gasteiger partial charge < -0.3 is 14.4 Å². The number of nitrogens with two attached hydrogens (primary N) is 1. The van der Waals surface area contributed by atoms with Crippen molar-refractivity contribution in [2.24, 2.45) is 5.84 Å². The first-order valence-corrected chi connectivity index (χ1v) is 8.35. The number of carbonyl (C=O) groups excluding carboxylic acids is 2. The molecule has 1 aromatic carbocycles. The third-order valence-corrected chi connectivity index (χ3v) is 4.28. The number of Topliss-reactive ketones (excluding diaryl/α,β-unsaturated/α-hetero) is 1. The molecule has 0 spiro atoms. The lowest BCUT2D eigenvalue weighted by Gasteiger charge is -2.09. The maximum atomic E-state index is 12.7. The summed E-state index contributed by atoms with van der Waals surface area (Å²) in [5, 5.41) is 9.17. The number of aliphatic carboxylic acids is 1. The van der Waals surface area contributed by atoms with Crippen molar-refractivity contribution in [3.8, 4) is 5.88 Å². The van der Waals surface area contributed by atoms with Gasteiger partial charge in [-0.3, -0.25) is 15.0 Å². The lowest BCUT2D eigenvalue weighted by molar-refractivity contribution is -0.139. The standard InChI is InChI=1S/C19H18N4O5/c1-11-15(17(26)18(27)22-20)16-13(7-8-21-19(16)28-10-14(24)25)23(11)9-12-5-3-2-4-6-12/h2-8H,9-10,20H2,1H3,(H,22,27)(H,24,25). The molecule has 9 nitrogen and oxygen atoms in total. The van der Waals surface area contributed by atoms with E-state index in [4.69, 9.17) is 15.7 Å². The molecular formula is C19H18N4O5. The van der Waals surface area contributed by atoms with Crippen molar-refractivity contribution >= 4 is 28.6 Å². The van der Waals surface area contributed by atoms with Crippen molar-refractivity contribution in [1.29, 1.82) is 0 Å². The molecule has 3 aromatic rings. The van der Waals surface area contributed by atoms with Gasteiger partial charge in [-0.05, 0) is 18.6 Å². The zero-order chi connectivity index (χ0) is 20.3. The zero-order valence-corrected chi connectivity index (χ0v) is 15.0. The Bertz CT molecular complexity index is 1060. The number of carboxylic acids is 1. The molecule has 2 heterocycles. The maximum Gasteiger partial charge on any atom is 0.341 e. The van der Waals surface area contributed by atoms with Crippen LogP contribution in [0, 0.1) is 6.92 Å². The van der Waals surface area contributed by atoms with Gasteiger partial charge in [0.2, 0.25) is 5.88 Å². The molecule has 0 bridgehead atoms. The largest absolute Gasteiger partial charge is 0.479 e. The fourth-order valence-electron chi connectivity index (χ4n) is 3.06. The number of amides is 1. The number of fused-ring (bicyclic) bond motifs is 1. The highest BCUT2D eigenvalue weighted by molar-refractivity contribution is 6.45. The highest BCUT2D eigenvalue weighted by Crippen LogP contribution is 2.33. The van der Waals surface area contributed by atoms with Gasteiger partial charge in [0, 0.05) is 18.4 Å². The van der Waals surface area contributed by atoms with Gasteiger partial charge in [-0.1, -0.05) is 30.3 Å². The Hall–Kier alpha value is -3.72. The summed E-state index contributed by atoms with van der Waals surface area (Å²) in [4.78, 5) is 39.5. The van der Waals surface area contributed by atoms with Crippen LogP contribution in [0.2, 0.25) is 0 Å². The molecule has 4 N–H and O–H groups in total. The van der Waals surface area contributed by atoms with Gasteiger partial charge in [-0.15, -0.1) is 0 Å². The van der Waals surface area contributed by atoms with E-state index in [1.165, 1.54) is 6.20 Å². The van der Waals surface area contributed by atoms with Gasteiger partial charge in [0.15, 0.2) is 6.61 Å². The van der Waals surface area contributed by atoms with Crippen LogP contribution >= 0.6 is 0 Å². The molecule has 0 unspecified atom stereocenters. The first-order valence-electron chi connectivity index (χ1n) is 8.35. The number of carbonyl (C=O) groups is 3. The Labute approximate surface area is 159 Å². The van der Waals surface area contributed by atoms with E-state index in [-0.39, 0.29) is 16.8 Å². The molecule has 0 aliphatic carbocycles. The molecule has 144 valence electrons. The fraction of sp³-hybridized carbons (Fsp3) is 0.158. The molecule has 0 aliphatic heterocycles. The number of ether oxygens (including phenoxy) is 1. The topological polar surface area (TPSA) is 137 Å². The number of hydrogen-bond donors (Lipinski definition) is 3. The van der Waals surface area contributed by atoms with Crippen LogP contribution in [0.25, 0.3) is 10.9 Å². The maximum absolute atomic E-state index is 12.7. The molecule has 0 radical (unpaired) electrons. The summed E-state index contributed by atoms with van der Waals surface area (Å²) < 4.78 is 7.11. The van der Waals surface area contributed by atoms with Crippen LogP contribution in [0.4, 0.5) is 0 Å². The second-order valence-electron chi connectivity index (χ2n) is 6.03. The number of hydrogen-bond acceptors (Lipinski definition) is 6. The van der Waals surface area contributed by atoms with Gasteiger partial charge in [-0.25, -0.2) is 15.6 Å². The minimum Gasteiger partial charge on any atom is -0.479 e. The molecule has 0 aliphatic rings. The molecule has 1 amide bonds. The van der Waals surface area contributed by atoms with Crippen LogP contribution in [0.15, 0.2) is 42.6 Å². The molecule has 28 heavy (non-hydrogen) atoms. The van der Waals surface area contributed by atoms with Crippen molar-refractivity contribution in [2.45, 2.75) is 13.5 Å². The molecular weight excluding hydrogens is 364 g/mol. The second-order valence-corrected chi connectivity index (χ2v) is 6.03. The number of nitrogens with one attached hydrogen (secondary N) is 1. The number of ketones is 1. The Kier molecular flexibility index (Phi) is 5.37. The van der Waals surface area contributed by atoms with Crippen LogP contribution in [0.5, 0.6) is 5.88 Å². The summed E-state index contributed by atoms with van der Waals surface area (Å²) in [5.41, 5.74) is 3.99. The van der Waals surface area contributed by atoms with E-state index in [0.29, 0.717) is 17.8 Å². The second kappa shape index (κ2) is 7.89. The van der Waals surface area contributed by atoms with E-state index in [2.05, 4.69) is 4.98 Å². The number of hydrazine groups is 1. The smallest absolute Gasteiger partial charge is 0.341 e. The lowest BCUT2D eigenvalue weighted by atomic mass is 10.1. The van der Waals surface area contributed by atoms with Crippen molar-refractivity contribution in [1.82, 2.24) is 15.0 Å². The lowest BCUT2D eigenvalue weighted by Crippen LogP contribution is -2.36. The Balaban J connectivity index is 2.22. The van der Waals surface area contributed by atoms with Gasteiger partial charge in [0.25, 0.3) is 5.78 Å². The van der Waals surface area contributed by atoms with Crippen molar-refractivity contribution in [2.75, 3.05) is 6.61 Å². The Morgan fingerprint density at radius 3 is 2.57 bits per heavy atom. The summed E-state index contributed by atoms with van der Waals surface area (Å²) in [6, 6.07) is 11.2. The quantitative estimate of drug-likeness (QED) is 0.182. The first-order chi connectivity index (χ1) is 13.4. The van der Waals surface area contributed by atoms with E-state index in [1.807, 2.05) is 40.3 Å². The summed E-state index contributed by atoms with van der Waals surface area (Å²) in [5.74, 6) is 2.05. The summed E-state index contributed by atoms with van der Waals surface area (Å²) >= 11 is 0. The predicted molar refractivity (Wildman–Crippen MR) is 99.8 cm³/mol. The van der Waals surface area contributed by atoms with Crippen molar-refractivity contribution in [3.05, 3.63) is 59.4 Å². The summed E-state index contributed by atoms with van der Waals surface area (Å²) in [7, 11) is 0. The van der Waals surface area contributed by atoms with Crippen LogP contribution < -0.4 is 16.0 Å². The number of aromatic nitrogens is 2. The Morgan fingerprint density at radius 2 is 1.93 bits per heavy atom. The van der Waals surface area contributed by atoms with Crippen molar-refractivity contribution in [3.63, 3.8) is 0 Å². The van der Waals surface area contributed by atoms with Crippen molar-refractivity contribution < 1.29 is 24.2 Å². The van der Waals surface area contributed by atoms with Crippen LogP contribution in [0.1, 0.15) is 21.6 Å². The average molecular weight is 382 g/mol. The number of pyridine rings is 1. The van der Waals surface area contributed by atoms with Crippen LogP contribution in [0.3, 0.4) is 0 Å². The first kappa shape index (κ1) is 19.1. The monoisotopic (exact) mass is 382 g/mol. The molecule has 0 saturated heterocycles. The fourth-order valence-corrected chi connectivity index (χ4v) is 3.06. The minimum atomic E-state index is -1.19. The van der Waals surface area contributed by atoms with Gasteiger partial charge >= 0.3 is 11.9 Å². The highest BCUT2D eigenvalue weighted by atomic mass is 16.5. The predicted octanol–water partition coefficient (Wildman–Crippen LogP) is 1.03. The normalized spacial score (nSPS) is 10.6. The number of benzene rings is 1. The molecule has 9 heteroatoms. The number of nitrogens with zero attached hydrogens (tertiary/aromatic N) is 2. The van der Waals surface area contributed by atoms with E-state index in [1.54, 1.807) is 13.0 Å². The van der Waals surface area contributed by atoms with Crippen LogP contribution in [-0.4, -0.2) is 38.9 Å². The van der Waals surface area contributed by atoms with E-state index >= 15 is 0 Å². The van der Waals surface area contributed by atoms with E-state index in [0.717, 1.165) is 5.56 Å². The Morgan fingerprint density at radius 1 is 1.21 bits per heavy atom. The average Bonchev–Trinajstić information content (AvgIpc) is 2.98.